The number of hydrogen-bond donors (Lipinski definition) is 2. The molecule has 0 bridgehead atoms. The van der Waals surface area contributed by atoms with E-state index in [1.807, 2.05) is 59.5 Å². The van der Waals surface area contributed by atoms with E-state index >= 15 is 0 Å². The summed E-state index contributed by atoms with van der Waals surface area (Å²) in [6.07, 6.45) is 14.9. The maximum absolute atomic E-state index is 12.2. The third kappa shape index (κ3) is 10.1. The Hall–Kier alpha value is -2.37. The Balaban J connectivity index is 0.000000359. The van der Waals surface area contributed by atoms with Gasteiger partial charge in [0.15, 0.2) is 5.78 Å². The number of thioether (sulfide) groups is 1. The van der Waals surface area contributed by atoms with E-state index in [9.17, 15) is 9.90 Å². The molecule has 1 aliphatic heterocycles. The number of fused-ring (bicyclic) bond motifs is 4. The molecule has 2 atom stereocenters. The fraction of sp³-hybridized carbons (Fsp3) is 0.489. The van der Waals surface area contributed by atoms with Gasteiger partial charge in [-0.15, -0.1) is 53.5 Å². The maximum Gasteiger partial charge on any atom is 0.164 e. The first-order valence-corrected chi connectivity index (χ1v) is 20.6. The predicted molar refractivity (Wildman–Crippen MR) is 229 cm³/mol. The minimum Gasteiger partial charge on any atom is -0.512 e. The number of benzene rings is 2. The number of pyridine rings is 1. The van der Waals surface area contributed by atoms with E-state index < -0.39 is 0 Å². The van der Waals surface area contributed by atoms with Gasteiger partial charge in [-0.25, -0.2) is 0 Å². The van der Waals surface area contributed by atoms with Crippen molar-refractivity contribution in [1.82, 2.24) is 4.98 Å². The molecule has 53 heavy (non-hydrogen) atoms. The van der Waals surface area contributed by atoms with E-state index in [4.69, 9.17) is 17.6 Å². The smallest absolute Gasteiger partial charge is 0.164 e. The minimum absolute atomic E-state index is 0. The number of aromatic nitrogens is 1. The number of ketones is 1. The zero-order chi connectivity index (χ0) is 38.6. The molecule has 0 amide bonds. The number of rotatable bonds is 11. The van der Waals surface area contributed by atoms with Crippen LogP contribution < -0.4 is 0 Å². The number of allylic oxidation sites excluding steroid dienone is 7. The molecule has 6 heteroatoms. The van der Waals surface area contributed by atoms with Crippen molar-refractivity contribution in [2.24, 2.45) is 16.7 Å². The fourth-order valence-corrected chi connectivity index (χ4v) is 8.61. The number of thiol groups is 1. The van der Waals surface area contributed by atoms with Gasteiger partial charge in [-0.2, -0.15) is 0 Å². The van der Waals surface area contributed by atoms with Gasteiger partial charge < -0.3 is 5.11 Å². The summed E-state index contributed by atoms with van der Waals surface area (Å²) < 4.78 is 0. The predicted octanol–water partition coefficient (Wildman–Crippen LogP) is 14.0. The molecule has 0 saturated carbocycles. The zero-order valence-electron chi connectivity index (χ0n) is 34.1. The molecule has 0 saturated heterocycles. The molecule has 0 spiro atoms. The molecule has 2 aliphatic rings. The van der Waals surface area contributed by atoms with Crippen molar-refractivity contribution in [3.63, 3.8) is 0 Å². The first-order valence-electron chi connectivity index (χ1n) is 19.3. The molecular weight excluding hydrogens is 867 g/mol. The van der Waals surface area contributed by atoms with Crippen LogP contribution in [0.5, 0.6) is 0 Å². The maximum atomic E-state index is 12.2. The summed E-state index contributed by atoms with van der Waals surface area (Å²) in [5.74, 6) is 1.21. The van der Waals surface area contributed by atoms with Crippen molar-refractivity contribution < 1.29 is 30.0 Å². The van der Waals surface area contributed by atoms with Crippen LogP contribution in [-0.4, -0.2) is 21.1 Å². The molecule has 2 unspecified atom stereocenters. The van der Waals surface area contributed by atoms with Gasteiger partial charge in [-0.3, -0.25) is 9.78 Å². The number of aliphatic hydroxyl groups excluding tert-OH is 1. The van der Waals surface area contributed by atoms with Crippen molar-refractivity contribution >= 4 is 40.9 Å². The third-order valence-electron chi connectivity index (χ3n) is 11.6. The van der Waals surface area contributed by atoms with Crippen LogP contribution in [0.15, 0.2) is 93.6 Å². The Morgan fingerprint density at radius 2 is 1.62 bits per heavy atom. The van der Waals surface area contributed by atoms with Gasteiger partial charge >= 0.3 is 0 Å². The molecule has 5 rings (SSSR count). The van der Waals surface area contributed by atoms with E-state index in [-0.39, 0.29) is 47.9 Å². The van der Waals surface area contributed by atoms with Crippen molar-refractivity contribution in [3.8, 4) is 11.3 Å². The van der Waals surface area contributed by atoms with Crippen LogP contribution in [-0.2, 0) is 30.3 Å². The largest absolute Gasteiger partial charge is 0.512 e. The van der Waals surface area contributed by atoms with Gasteiger partial charge in [0, 0.05) is 65.0 Å². The number of carbonyl (C=O) groups is 1. The van der Waals surface area contributed by atoms with Crippen LogP contribution in [0.3, 0.4) is 0 Å². The first kappa shape index (κ1) is 45.0. The summed E-state index contributed by atoms with van der Waals surface area (Å²) in [6.45, 7) is 25.6. The van der Waals surface area contributed by atoms with Crippen molar-refractivity contribution in [2.75, 3.05) is 0 Å². The SMILES string of the molecule is C/C(S)=C(\CC(C)C)C1=CC2Sc3ccnc(-c4[c-]c5ccccc5c(C(C)(C)C)c4)c3C2C=C1.CCC(C)(CC)C(=O)/C=C(\O)C(C)(CC)CC.[Ir]. The van der Waals surface area contributed by atoms with Crippen LogP contribution in [0.4, 0.5) is 0 Å². The van der Waals surface area contributed by atoms with Crippen LogP contribution >= 0.6 is 24.4 Å². The Morgan fingerprint density at radius 3 is 2.19 bits per heavy atom. The molecule has 2 heterocycles. The Kier molecular flexibility index (Phi) is 15.7. The van der Waals surface area contributed by atoms with Gasteiger partial charge in [0.2, 0.25) is 0 Å². The van der Waals surface area contributed by atoms with Crippen LogP contribution in [0.2, 0.25) is 0 Å². The summed E-state index contributed by atoms with van der Waals surface area (Å²) in [7, 11) is 0. The van der Waals surface area contributed by atoms with E-state index in [0.717, 1.165) is 53.7 Å². The standard InChI is InChI=1S/C32H34NS2.C15H28O2.Ir/c1-19(2)15-26(20(3)34)22-11-12-25-29(18-22)35-28-13-14-33-31(30(25)28)23-16-21-9-7-8-10-24(21)27(17-23)32(4,5)6;1-7-14(5,8-2)12(16)11-13(17)15(6,9-3)10-4;/h7-14,17-19,25,29,34H,15H2,1-6H3;11,16H,7-10H2,1-6H3;/q-1;;/b26-20-;12-11-;. The molecular formula is C47H62IrNO2S2-. The van der Waals surface area contributed by atoms with Crippen LogP contribution in [0.25, 0.3) is 22.0 Å². The average molecular weight is 929 g/mol. The number of nitrogens with zero attached hydrogens (tertiary/aromatic N) is 1. The zero-order valence-corrected chi connectivity index (χ0v) is 38.2. The summed E-state index contributed by atoms with van der Waals surface area (Å²) >= 11 is 6.70. The fourth-order valence-electron chi connectivity index (χ4n) is 7.01. The Labute approximate surface area is 344 Å². The molecule has 1 aromatic heterocycles. The number of carbonyl (C=O) groups excluding carboxylic acids is 1. The molecule has 3 aromatic rings. The average Bonchev–Trinajstić information content (AvgIpc) is 3.50. The van der Waals surface area contributed by atoms with Gasteiger partial charge in [-0.1, -0.05) is 124 Å². The topological polar surface area (TPSA) is 50.2 Å². The third-order valence-corrected chi connectivity index (χ3v) is 13.1. The van der Waals surface area contributed by atoms with Crippen molar-refractivity contribution in [2.45, 2.75) is 137 Å². The molecule has 2 aromatic carbocycles. The van der Waals surface area contributed by atoms with Gasteiger partial charge in [-0.05, 0) is 78.0 Å². The molecule has 1 aliphatic carbocycles. The normalized spacial score (nSPS) is 17.7. The summed E-state index contributed by atoms with van der Waals surface area (Å²) in [5, 5.41) is 12.9. The number of aliphatic hydroxyl groups is 1. The molecule has 289 valence electrons. The van der Waals surface area contributed by atoms with Gasteiger partial charge in [0.1, 0.15) is 5.76 Å². The van der Waals surface area contributed by atoms with Crippen molar-refractivity contribution in [1.29, 1.82) is 0 Å². The second kappa shape index (κ2) is 18.5. The van der Waals surface area contributed by atoms with Gasteiger partial charge in [0.25, 0.3) is 0 Å². The Bertz CT molecular complexity index is 1880. The quantitative estimate of drug-likeness (QED) is 0.0871. The second-order valence-corrected chi connectivity index (χ2v) is 18.5. The summed E-state index contributed by atoms with van der Waals surface area (Å²) in [5.41, 5.74) is 6.99. The van der Waals surface area contributed by atoms with Crippen LogP contribution in [0, 0.1) is 22.8 Å². The van der Waals surface area contributed by atoms with Gasteiger partial charge in [0.05, 0.1) is 0 Å². The Morgan fingerprint density at radius 1 is 1.00 bits per heavy atom. The molecule has 0 fully saturated rings. The first-order chi connectivity index (χ1) is 24.4. The summed E-state index contributed by atoms with van der Waals surface area (Å²) in [4.78, 5) is 19.6. The van der Waals surface area contributed by atoms with E-state index in [2.05, 4.69) is 102 Å². The summed E-state index contributed by atoms with van der Waals surface area (Å²) in [6, 6.07) is 16.8. The minimum atomic E-state index is -0.337. The van der Waals surface area contributed by atoms with E-state index in [0.29, 0.717) is 17.1 Å². The van der Waals surface area contributed by atoms with E-state index in [1.54, 1.807) is 0 Å². The molecule has 1 N–H and O–H groups in total. The van der Waals surface area contributed by atoms with Crippen molar-refractivity contribution in [3.05, 3.63) is 106 Å². The number of hydrogen-bond acceptors (Lipinski definition) is 5. The second-order valence-electron chi connectivity index (χ2n) is 16.6. The molecule has 3 nitrogen and oxygen atoms in total. The van der Waals surface area contributed by atoms with Crippen LogP contribution in [0.1, 0.15) is 132 Å². The monoisotopic (exact) mass is 929 g/mol. The van der Waals surface area contributed by atoms with E-state index in [1.165, 1.54) is 38.6 Å². The molecule has 1 radical (unpaired) electrons.